The van der Waals surface area contributed by atoms with Crippen LogP contribution in [0.3, 0.4) is 0 Å². The van der Waals surface area contributed by atoms with Crippen LogP contribution in [0, 0.1) is 5.82 Å². The Labute approximate surface area is 91.3 Å². The maximum Gasteiger partial charge on any atom is 0.228 e. The Morgan fingerprint density at radius 1 is 1.44 bits per heavy atom. The molecule has 1 heterocycles. The molecule has 0 amide bonds. The zero-order chi connectivity index (χ0) is 11.5. The van der Waals surface area contributed by atoms with Crippen LogP contribution in [-0.2, 0) is 6.54 Å². The van der Waals surface area contributed by atoms with E-state index in [0.717, 1.165) is 0 Å². The summed E-state index contributed by atoms with van der Waals surface area (Å²) in [4.78, 5) is 18.3. The first-order chi connectivity index (χ1) is 7.70. The number of aromatic amines is 1. The molecule has 1 aromatic carbocycles. The van der Waals surface area contributed by atoms with E-state index in [9.17, 15) is 9.18 Å². The second kappa shape index (κ2) is 4.24. The Balaban J connectivity index is 2.40. The first kappa shape index (κ1) is 10.5. The van der Waals surface area contributed by atoms with Crippen molar-refractivity contribution in [1.82, 2.24) is 9.97 Å². The number of hydrogen-bond acceptors (Lipinski definition) is 3. The van der Waals surface area contributed by atoms with Crippen LogP contribution in [0.4, 0.5) is 4.39 Å². The summed E-state index contributed by atoms with van der Waals surface area (Å²) in [5, 5.41) is 0. The first-order valence-corrected chi connectivity index (χ1v) is 4.74. The number of nitrogens with two attached hydrogens (primary N) is 1. The molecule has 0 atom stereocenters. The fourth-order valence-electron chi connectivity index (χ4n) is 1.43. The quantitative estimate of drug-likeness (QED) is 0.763. The van der Waals surface area contributed by atoms with Gasteiger partial charge in [-0.1, -0.05) is 0 Å². The number of nitrogens with one attached hydrogen (secondary N) is 1. The van der Waals surface area contributed by atoms with Crippen LogP contribution in [0.25, 0.3) is 0 Å². The van der Waals surface area contributed by atoms with Gasteiger partial charge in [-0.15, -0.1) is 0 Å². The molecule has 0 saturated carbocycles. The molecule has 0 spiro atoms. The Morgan fingerprint density at radius 2 is 2.25 bits per heavy atom. The van der Waals surface area contributed by atoms with Gasteiger partial charge in [0, 0.05) is 24.5 Å². The number of aromatic nitrogens is 2. The van der Waals surface area contributed by atoms with E-state index in [4.69, 9.17) is 5.73 Å². The van der Waals surface area contributed by atoms with Crippen molar-refractivity contribution in [2.75, 3.05) is 0 Å². The van der Waals surface area contributed by atoms with Gasteiger partial charge in [0.15, 0.2) is 5.82 Å². The zero-order valence-electron chi connectivity index (χ0n) is 8.40. The largest absolute Gasteiger partial charge is 0.342 e. The molecule has 0 fully saturated rings. The van der Waals surface area contributed by atoms with Crippen molar-refractivity contribution in [3.63, 3.8) is 0 Å². The van der Waals surface area contributed by atoms with Gasteiger partial charge in [0.25, 0.3) is 0 Å². The normalized spacial score (nSPS) is 10.4. The van der Waals surface area contributed by atoms with Gasteiger partial charge in [-0.3, -0.25) is 4.79 Å². The van der Waals surface area contributed by atoms with Gasteiger partial charge in [-0.25, -0.2) is 9.37 Å². The van der Waals surface area contributed by atoms with E-state index in [1.165, 1.54) is 24.5 Å². The summed E-state index contributed by atoms with van der Waals surface area (Å²) in [6.45, 7) is 0.191. The second-order valence-electron chi connectivity index (χ2n) is 3.32. The summed E-state index contributed by atoms with van der Waals surface area (Å²) < 4.78 is 13.2. The van der Waals surface area contributed by atoms with Crippen molar-refractivity contribution in [2.45, 2.75) is 6.54 Å². The lowest BCUT2D eigenvalue weighted by molar-refractivity contribution is 0.103. The molecule has 1 aromatic heterocycles. The third-order valence-corrected chi connectivity index (χ3v) is 2.17. The molecule has 3 N–H and O–H groups in total. The number of rotatable bonds is 3. The molecular formula is C11H10FN3O. The van der Waals surface area contributed by atoms with E-state index in [-0.39, 0.29) is 23.7 Å². The van der Waals surface area contributed by atoms with Crippen LogP contribution in [0.15, 0.2) is 30.6 Å². The second-order valence-corrected chi connectivity index (χ2v) is 3.32. The summed E-state index contributed by atoms with van der Waals surface area (Å²) >= 11 is 0. The molecule has 4 nitrogen and oxygen atoms in total. The summed E-state index contributed by atoms with van der Waals surface area (Å²) in [6, 6.07) is 4.04. The molecule has 0 aliphatic heterocycles. The molecule has 0 radical (unpaired) electrons. The molecule has 0 aliphatic carbocycles. The van der Waals surface area contributed by atoms with Crippen molar-refractivity contribution in [3.05, 3.63) is 53.4 Å². The van der Waals surface area contributed by atoms with Gasteiger partial charge < -0.3 is 10.7 Å². The van der Waals surface area contributed by atoms with Crippen LogP contribution >= 0.6 is 0 Å². The van der Waals surface area contributed by atoms with Gasteiger partial charge in [0.2, 0.25) is 5.78 Å². The minimum atomic E-state index is -0.474. The van der Waals surface area contributed by atoms with Crippen molar-refractivity contribution in [3.8, 4) is 0 Å². The van der Waals surface area contributed by atoms with Crippen molar-refractivity contribution < 1.29 is 9.18 Å². The van der Waals surface area contributed by atoms with Crippen LogP contribution in [0.1, 0.15) is 21.7 Å². The average molecular weight is 219 g/mol. The van der Waals surface area contributed by atoms with Gasteiger partial charge in [0.05, 0.1) is 0 Å². The lowest BCUT2D eigenvalue weighted by Crippen LogP contribution is -2.06. The summed E-state index contributed by atoms with van der Waals surface area (Å²) in [6.07, 6.45) is 3.01. The zero-order valence-corrected chi connectivity index (χ0v) is 8.40. The van der Waals surface area contributed by atoms with E-state index >= 15 is 0 Å². The van der Waals surface area contributed by atoms with E-state index in [1.54, 1.807) is 6.07 Å². The highest BCUT2D eigenvalue weighted by atomic mass is 19.1. The van der Waals surface area contributed by atoms with E-state index in [0.29, 0.717) is 5.56 Å². The Bertz CT molecular complexity index is 508. The van der Waals surface area contributed by atoms with Crippen LogP contribution in [-0.4, -0.2) is 15.8 Å². The summed E-state index contributed by atoms with van der Waals surface area (Å²) in [7, 11) is 0. The van der Waals surface area contributed by atoms with Crippen LogP contribution < -0.4 is 5.73 Å². The SMILES string of the molecule is NCc1cc(F)cc(C(=O)c2ncc[nH]2)c1. The molecule has 2 aromatic rings. The fourth-order valence-corrected chi connectivity index (χ4v) is 1.43. The number of imidazole rings is 1. The molecule has 0 unspecified atom stereocenters. The van der Waals surface area contributed by atoms with Gasteiger partial charge >= 0.3 is 0 Å². The fraction of sp³-hybridized carbons (Fsp3) is 0.0909. The number of hydrogen-bond donors (Lipinski definition) is 2. The van der Waals surface area contributed by atoms with Gasteiger partial charge in [0.1, 0.15) is 5.82 Å². The summed E-state index contributed by atoms with van der Waals surface area (Å²) in [5.74, 6) is -0.634. The van der Waals surface area contributed by atoms with Crippen molar-refractivity contribution in [2.24, 2.45) is 5.73 Å². The highest BCUT2D eigenvalue weighted by molar-refractivity contribution is 6.06. The first-order valence-electron chi connectivity index (χ1n) is 4.74. The number of carbonyl (C=O) groups is 1. The minimum Gasteiger partial charge on any atom is -0.342 e. The van der Waals surface area contributed by atoms with E-state index < -0.39 is 5.82 Å². The third kappa shape index (κ3) is 1.99. The highest BCUT2D eigenvalue weighted by Gasteiger charge is 2.12. The van der Waals surface area contributed by atoms with Crippen molar-refractivity contribution >= 4 is 5.78 Å². The topological polar surface area (TPSA) is 71.8 Å². The number of H-pyrrole nitrogens is 1. The molecule has 0 bridgehead atoms. The van der Waals surface area contributed by atoms with E-state index in [2.05, 4.69) is 9.97 Å². The number of halogens is 1. The molecule has 0 aliphatic rings. The standard InChI is InChI=1S/C11H10FN3O/c12-9-4-7(6-13)3-8(5-9)10(16)11-14-1-2-15-11/h1-5H,6,13H2,(H,14,15). The predicted octanol–water partition coefficient (Wildman–Crippen LogP) is 1.24. The number of nitrogens with zero attached hydrogens (tertiary/aromatic N) is 1. The maximum absolute atomic E-state index is 13.2. The number of ketones is 1. The Hall–Kier alpha value is -2.01. The maximum atomic E-state index is 13.2. The monoisotopic (exact) mass is 219 g/mol. The molecular weight excluding hydrogens is 209 g/mol. The van der Waals surface area contributed by atoms with Gasteiger partial charge in [-0.2, -0.15) is 0 Å². The minimum absolute atomic E-state index is 0.188. The molecule has 16 heavy (non-hydrogen) atoms. The Morgan fingerprint density at radius 3 is 2.88 bits per heavy atom. The van der Waals surface area contributed by atoms with E-state index in [1.807, 2.05) is 0 Å². The molecule has 5 heteroatoms. The smallest absolute Gasteiger partial charge is 0.228 e. The molecule has 2 rings (SSSR count). The third-order valence-electron chi connectivity index (χ3n) is 2.17. The Kier molecular flexibility index (Phi) is 2.78. The lowest BCUT2D eigenvalue weighted by Gasteiger charge is -2.02. The van der Waals surface area contributed by atoms with Gasteiger partial charge in [-0.05, 0) is 23.8 Å². The van der Waals surface area contributed by atoms with Crippen LogP contribution in [0.2, 0.25) is 0 Å². The highest BCUT2D eigenvalue weighted by Crippen LogP contribution is 2.11. The summed E-state index contributed by atoms with van der Waals surface area (Å²) in [5.41, 5.74) is 6.23. The van der Waals surface area contributed by atoms with Crippen molar-refractivity contribution in [1.29, 1.82) is 0 Å². The van der Waals surface area contributed by atoms with Crippen LogP contribution in [0.5, 0.6) is 0 Å². The molecule has 0 saturated heterocycles. The lowest BCUT2D eigenvalue weighted by atomic mass is 10.1. The number of carbonyl (C=O) groups excluding carboxylic acids is 1. The number of benzene rings is 1. The molecule has 82 valence electrons. The average Bonchev–Trinajstić information content (AvgIpc) is 2.80. The predicted molar refractivity (Wildman–Crippen MR) is 56.3 cm³/mol.